The summed E-state index contributed by atoms with van der Waals surface area (Å²) in [7, 11) is 0. The van der Waals surface area contributed by atoms with Gasteiger partial charge in [0.25, 0.3) is 0 Å². The lowest BCUT2D eigenvalue weighted by molar-refractivity contribution is -0.138. The number of carbonyl (C=O) groups is 1. The second kappa shape index (κ2) is 4.11. The third-order valence-corrected chi connectivity index (χ3v) is 2.98. The van der Waals surface area contributed by atoms with Crippen LogP contribution in [0.15, 0.2) is 12.1 Å². The van der Waals surface area contributed by atoms with Crippen LogP contribution < -0.4 is 0 Å². The van der Waals surface area contributed by atoms with Gasteiger partial charge in [0.2, 0.25) is 0 Å². The van der Waals surface area contributed by atoms with E-state index in [0.29, 0.717) is 0 Å². The number of halogens is 4. The molecule has 0 fully saturated rings. The number of hydrogen-bond acceptors (Lipinski definition) is 1. The van der Waals surface area contributed by atoms with Crippen LogP contribution >= 0.6 is 22.6 Å². The minimum absolute atomic E-state index is 0.00176. The van der Waals surface area contributed by atoms with Crippen LogP contribution in [-0.2, 0) is 6.18 Å². The van der Waals surface area contributed by atoms with E-state index in [-0.39, 0.29) is 20.5 Å². The molecule has 0 amide bonds. The van der Waals surface area contributed by atoms with E-state index in [4.69, 9.17) is 0 Å². The summed E-state index contributed by atoms with van der Waals surface area (Å²) in [6, 6.07) is 2.74. The average Bonchev–Trinajstić information content (AvgIpc) is 2.00. The van der Waals surface area contributed by atoms with Gasteiger partial charge in [-0.05, 0) is 48.1 Å². The zero-order chi connectivity index (χ0) is 11.8. The monoisotopic (exact) mass is 328 g/mol. The van der Waals surface area contributed by atoms with E-state index in [1.54, 1.807) is 22.6 Å². The highest BCUT2D eigenvalue weighted by Crippen LogP contribution is 2.36. The summed E-state index contributed by atoms with van der Waals surface area (Å²) >= 11 is 1.62. The van der Waals surface area contributed by atoms with E-state index in [2.05, 4.69) is 0 Å². The normalized spacial score (nSPS) is 11.6. The van der Waals surface area contributed by atoms with Crippen LogP contribution in [-0.4, -0.2) is 5.78 Å². The van der Waals surface area contributed by atoms with Gasteiger partial charge in [-0.3, -0.25) is 4.79 Å². The molecule has 1 rings (SSSR count). The van der Waals surface area contributed by atoms with Gasteiger partial charge in [-0.1, -0.05) is 6.07 Å². The van der Waals surface area contributed by atoms with Crippen molar-refractivity contribution in [3.63, 3.8) is 0 Å². The van der Waals surface area contributed by atoms with E-state index in [1.807, 2.05) is 0 Å². The molecule has 0 aliphatic heterocycles. The second-order valence-electron chi connectivity index (χ2n) is 3.15. The predicted octanol–water partition coefficient (Wildman–Crippen LogP) is 3.82. The van der Waals surface area contributed by atoms with Gasteiger partial charge in [0.15, 0.2) is 5.78 Å². The number of rotatable bonds is 1. The molecule has 0 unspecified atom stereocenters. The molecule has 0 aromatic heterocycles. The maximum absolute atomic E-state index is 12.6. The van der Waals surface area contributed by atoms with Gasteiger partial charge in [-0.25, -0.2) is 0 Å². The first-order valence-electron chi connectivity index (χ1n) is 4.12. The number of benzene rings is 1. The molecule has 5 heteroatoms. The SMILES string of the molecule is CC(=O)c1ccc(I)c(C(F)(F)F)c1C. The Morgan fingerprint density at radius 2 is 1.87 bits per heavy atom. The molecule has 0 spiro atoms. The van der Waals surface area contributed by atoms with Crippen LogP contribution in [0.3, 0.4) is 0 Å². The molecule has 1 aromatic rings. The topological polar surface area (TPSA) is 17.1 Å². The summed E-state index contributed by atoms with van der Waals surface area (Å²) < 4.78 is 38.0. The quantitative estimate of drug-likeness (QED) is 0.566. The molecule has 0 aliphatic carbocycles. The van der Waals surface area contributed by atoms with Crippen LogP contribution in [0.2, 0.25) is 0 Å². The lowest BCUT2D eigenvalue weighted by atomic mass is 10.00. The van der Waals surface area contributed by atoms with Crippen LogP contribution in [0.5, 0.6) is 0 Å². The van der Waals surface area contributed by atoms with Crippen LogP contribution in [0.4, 0.5) is 13.2 Å². The van der Waals surface area contributed by atoms with Crippen molar-refractivity contribution in [2.75, 3.05) is 0 Å². The highest BCUT2D eigenvalue weighted by Gasteiger charge is 2.35. The molecule has 15 heavy (non-hydrogen) atoms. The maximum Gasteiger partial charge on any atom is 0.417 e. The largest absolute Gasteiger partial charge is 0.417 e. The lowest BCUT2D eigenvalue weighted by Gasteiger charge is -2.14. The Morgan fingerprint density at radius 3 is 2.27 bits per heavy atom. The summed E-state index contributed by atoms with van der Waals surface area (Å²) in [6.07, 6.45) is -4.41. The van der Waals surface area contributed by atoms with Crippen molar-refractivity contribution in [2.24, 2.45) is 0 Å². The fourth-order valence-electron chi connectivity index (χ4n) is 1.41. The van der Waals surface area contributed by atoms with Crippen LogP contribution in [0, 0.1) is 10.5 Å². The summed E-state index contributed by atoms with van der Waals surface area (Å²) in [5, 5.41) is 0. The number of ketones is 1. The molecular weight excluding hydrogens is 320 g/mol. The molecule has 0 saturated carbocycles. The maximum atomic E-state index is 12.6. The van der Waals surface area contributed by atoms with Crippen molar-refractivity contribution in [1.82, 2.24) is 0 Å². The summed E-state index contributed by atoms with van der Waals surface area (Å²) in [4.78, 5) is 11.1. The van der Waals surface area contributed by atoms with E-state index in [0.717, 1.165) is 0 Å². The number of hydrogen-bond donors (Lipinski definition) is 0. The molecular formula is C10H8F3IO. The van der Waals surface area contributed by atoms with Crippen molar-refractivity contribution in [2.45, 2.75) is 20.0 Å². The first-order valence-corrected chi connectivity index (χ1v) is 5.20. The van der Waals surface area contributed by atoms with Gasteiger partial charge < -0.3 is 0 Å². The minimum Gasteiger partial charge on any atom is -0.295 e. The van der Waals surface area contributed by atoms with Crippen LogP contribution in [0.25, 0.3) is 0 Å². The molecule has 0 saturated heterocycles. The Hall–Kier alpha value is -0.590. The molecule has 1 nitrogen and oxygen atoms in total. The lowest BCUT2D eigenvalue weighted by Crippen LogP contribution is -2.13. The fraction of sp³-hybridized carbons (Fsp3) is 0.300. The minimum atomic E-state index is -4.41. The molecule has 0 radical (unpaired) electrons. The Bertz CT molecular complexity index is 410. The van der Waals surface area contributed by atoms with Crippen molar-refractivity contribution in [1.29, 1.82) is 0 Å². The first kappa shape index (κ1) is 12.5. The first-order chi connectivity index (χ1) is 6.75. The van der Waals surface area contributed by atoms with Gasteiger partial charge in [0.1, 0.15) is 0 Å². The van der Waals surface area contributed by atoms with Gasteiger partial charge in [-0.15, -0.1) is 0 Å². The van der Waals surface area contributed by atoms with E-state index >= 15 is 0 Å². The highest BCUT2D eigenvalue weighted by atomic mass is 127. The second-order valence-corrected chi connectivity index (χ2v) is 4.31. The zero-order valence-electron chi connectivity index (χ0n) is 8.07. The van der Waals surface area contributed by atoms with Gasteiger partial charge in [0.05, 0.1) is 5.56 Å². The van der Waals surface area contributed by atoms with Gasteiger partial charge in [0, 0.05) is 9.13 Å². The Labute approximate surface area is 98.8 Å². The Balaban J connectivity index is 3.51. The Morgan fingerprint density at radius 1 is 1.33 bits per heavy atom. The van der Waals surface area contributed by atoms with E-state index in [1.165, 1.54) is 26.0 Å². The van der Waals surface area contributed by atoms with Gasteiger partial charge >= 0.3 is 6.18 Å². The smallest absolute Gasteiger partial charge is 0.295 e. The molecule has 0 atom stereocenters. The van der Waals surface area contributed by atoms with Crippen molar-refractivity contribution < 1.29 is 18.0 Å². The standard InChI is InChI=1S/C10H8F3IO/c1-5-7(6(2)15)3-4-8(14)9(5)10(11,12)13/h3-4H,1-2H3. The third kappa shape index (κ3) is 2.50. The third-order valence-electron chi connectivity index (χ3n) is 2.08. The highest BCUT2D eigenvalue weighted by molar-refractivity contribution is 14.1. The van der Waals surface area contributed by atoms with Crippen molar-refractivity contribution >= 4 is 28.4 Å². The fourth-order valence-corrected chi connectivity index (χ4v) is 2.30. The van der Waals surface area contributed by atoms with Crippen molar-refractivity contribution in [3.8, 4) is 0 Å². The van der Waals surface area contributed by atoms with Crippen LogP contribution in [0.1, 0.15) is 28.4 Å². The average molecular weight is 328 g/mol. The molecule has 1 aromatic carbocycles. The number of Topliss-reactive ketones (excluding diaryl/α,β-unsaturated/α-hetero) is 1. The zero-order valence-corrected chi connectivity index (χ0v) is 10.2. The Kier molecular flexibility index (Phi) is 3.42. The van der Waals surface area contributed by atoms with E-state index in [9.17, 15) is 18.0 Å². The summed E-state index contributed by atoms with van der Waals surface area (Å²) in [5.74, 6) is -0.352. The number of carbonyl (C=O) groups excluding carboxylic acids is 1. The predicted molar refractivity (Wildman–Crippen MR) is 58.9 cm³/mol. The summed E-state index contributed by atoms with van der Waals surface area (Å²) in [6.45, 7) is 2.58. The van der Waals surface area contributed by atoms with Gasteiger partial charge in [-0.2, -0.15) is 13.2 Å². The number of alkyl halides is 3. The summed E-state index contributed by atoms with van der Waals surface area (Å²) in [5.41, 5.74) is -0.583. The molecule has 0 aliphatic rings. The van der Waals surface area contributed by atoms with E-state index < -0.39 is 11.7 Å². The van der Waals surface area contributed by atoms with Crippen molar-refractivity contribution in [3.05, 3.63) is 32.4 Å². The molecule has 82 valence electrons. The molecule has 0 bridgehead atoms. The molecule has 0 N–H and O–H groups in total. The molecule has 0 heterocycles.